The third-order valence-electron chi connectivity index (χ3n) is 5.47. The Bertz CT molecular complexity index is 891. The summed E-state index contributed by atoms with van der Waals surface area (Å²) in [6.45, 7) is 4.34. The lowest BCUT2D eigenvalue weighted by Gasteiger charge is -2.20. The van der Waals surface area contributed by atoms with Gasteiger partial charge < -0.3 is 15.0 Å². The quantitative estimate of drug-likeness (QED) is 0.752. The second-order valence-electron chi connectivity index (χ2n) is 7.87. The average molecular weight is 410 g/mol. The number of hydrogen-bond acceptors (Lipinski definition) is 5. The fraction of sp³-hybridized carbons (Fsp3) is 0.579. The van der Waals surface area contributed by atoms with E-state index in [0.29, 0.717) is 24.4 Å². The molecule has 2 aliphatic heterocycles. The molecule has 0 radical (unpaired) electrons. The minimum absolute atomic E-state index is 0.000618. The van der Waals surface area contributed by atoms with Crippen molar-refractivity contribution >= 4 is 27.5 Å². The van der Waals surface area contributed by atoms with E-state index in [1.165, 1.54) is 24.1 Å². The average Bonchev–Trinajstić information content (AvgIpc) is 3.22. The van der Waals surface area contributed by atoms with E-state index in [1.54, 1.807) is 27.0 Å². The summed E-state index contributed by atoms with van der Waals surface area (Å²) in [5.41, 5.74) is 0.565. The number of carbonyl (C=O) groups is 2. The fourth-order valence-corrected chi connectivity index (χ4v) is 4.82. The van der Waals surface area contributed by atoms with Gasteiger partial charge in [0.2, 0.25) is 21.8 Å². The van der Waals surface area contributed by atoms with Gasteiger partial charge in [-0.2, -0.15) is 4.31 Å². The number of benzene rings is 1. The second-order valence-corrected chi connectivity index (χ2v) is 9.91. The summed E-state index contributed by atoms with van der Waals surface area (Å²) in [7, 11) is -0.820. The fourth-order valence-electron chi connectivity index (χ4n) is 3.67. The Hall–Kier alpha value is -1.97. The number of likely N-dealkylation sites (N-methyl/N-ethyl adjacent to an activating group) is 2. The third kappa shape index (κ3) is 3.66. The van der Waals surface area contributed by atoms with Gasteiger partial charge in [0.15, 0.2) is 0 Å². The minimum Gasteiger partial charge on any atom is -0.376 e. The Kier molecular flexibility index (Phi) is 5.53. The van der Waals surface area contributed by atoms with Gasteiger partial charge >= 0.3 is 0 Å². The van der Waals surface area contributed by atoms with Crippen LogP contribution in [0.15, 0.2) is 23.1 Å². The highest BCUT2D eigenvalue weighted by molar-refractivity contribution is 7.89. The van der Waals surface area contributed by atoms with Gasteiger partial charge in [-0.05, 0) is 50.5 Å². The minimum atomic E-state index is -3.87. The van der Waals surface area contributed by atoms with Gasteiger partial charge in [-0.15, -0.1) is 0 Å². The largest absolute Gasteiger partial charge is 0.376 e. The zero-order valence-electron chi connectivity index (χ0n) is 16.7. The molecule has 9 heteroatoms. The summed E-state index contributed by atoms with van der Waals surface area (Å²) in [4.78, 5) is 26.2. The van der Waals surface area contributed by atoms with Crippen molar-refractivity contribution < 1.29 is 22.7 Å². The number of carbonyl (C=O) groups excluding carboxylic acids is 2. The van der Waals surface area contributed by atoms with Crippen LogP contribution in [0.25, 0.3) is 0 Å². The predicted octanol–water partition coefficient (Wildman–Crippen LogP) is 0.856. The standard InChI is InChI=1S/C19H27N3O5S/c1-19(2)15-10-14(7-8-16(15)22(4)18(19)24)28(25,26)21(3)12-17(23)20-11-13-6-5-9-27-13/h7-8,10,13H,5-6,9,11-12H2,1-4H3,(H,20,23)/t13-/m0/s1. The summed E-state index contributed by atoms with van der Waals surface area (Å²) in [6.07, 6.45) is 1.87. The molecule has 0 unspecified atom stereocenters. The Morgan fingerprint density at radius 1 is 1.39 bits per heavy atom. The summed E-state index contributed by atoms with van der Waals surface area (Å²) < 4.78 is 32.3. The van der Waals surface area contributed by atoms with E-state index in [2.05, 4.69) is 5.32 Å². The number of nitrogens with one attached hydrogen (secondary N) is 1. The molecule has 1 aromatic rings. The maximum absolute atomic E-state index is 12.9. The van der Waals surface area contributed by atoms with Crippen LogP contribution in [0.5, 0.6) is 0 Å². The summed E-state index contributed by atoms with van der Waals surface area (Å²) in [6, 6.07) is 4.65. The van der Waals surface area contributed by atoms with Gasteiger partial charge in [0.05, 0.1) is 23.0 Å². The number of rotatable bonds is 6. The molecule has 8 nitrogen and oxygen atoms in total. The lowest BCUT2D eigenvalue weighted by atomic mass is 9.86. The highest BCUT2D eigenvalue weighted by Crippen LogP contribution is 2.41. The molecule has 1 fully saturated rings. The molecule has 0 aromatic heterocycles. The number of hydrogen-bond donors (Lipinski definition) is 1. The van der Waals surface area contributed by atoms with E-state index in [4.69, 9.17) is 4.74 Å². The maximum Gasteiger partial charge on any atom is 0.243 e. The molecule has 2 aliphatic rings. The topological polar surface area (TPSA) is 96.0 Å². The molecule has 0 spiro atoms. The van der Waals surface area contributed by atoms with Crippen molar-refractivity contribution in [3.63, 3.8) is 0 Å². The molecule has 154 valence electrons. The summed E-state index contributed by atoms with van der Waals surface area (Å²) >= 11 is 0. The van der Waals surface area contributed by atoms with Gasteiger partial charge in [-0.25, -0.2) is 8.42 Å². The number of ether oxygens (including phenoxy) is 1. The number of fused-ring (bicyclic) bond motifs is 1. The van der Waals surface area contributed by atoms with Crippen LogP contribution in [-0.4, -0.2) is 64.4 Å². The molecule has 1 aromatic carbocycles. The summed E-state index contributed by atoms with van der Waals surface area (Å²) in [5.74, 6) is -0.461. The van der Waals surface area contributed by atoms with E-state index in [0.717, 1.165) is 17.1 Å². The van der Waals surface area contributed by atoms with E-state index < -0.39 is 15.4 Å². The van der Waals surface area contributed by atoms with Gasteiger partial charge in [0, 0.05) is 32.9 Å². The molecular weight excluding hydrogens is 382 g/mol. The molecule has 0 bridgehead atoms. The Morgan fingerprint density at radius 3 is 2.75 bits per heavy atom. The molecule has 1 N–H and O–H groups in total. The van der Waals surface area contributed by atoms with E-state index >= 15 is 0 Å². The van der Waals surface area contributed by atoms with Crippen LogP contribution in [-0.2, 0) is 29.8 Å². The molecule has 28 heavy (non-hydrogen) atoms. The number of anilines is 1. The first-order chi connectivity index (χ1) is 13.0. The normalized spacial score (nSPS) is 21.2. The van der Waals surface area contributed by atoms with Gasteiger partial charge in [0.25, 0.3) is 0 Å². The van der Waals surface area contributed by atoms with Gasteiger partial charge in [-0.3, -0.25) is 9.59 Å². The van der Waals surface area contributed by atoms with Crippen LogP contribution < -0.4 is 10.2 Å². The molecular formula is C19H27N3O5S. The smallest absolute Gasteiger partial charge is 0.243 e. The van der Waals surface area contributed by atoms with Crippen molar-refractivity contribution in [1.29, 1.82) is 0 Å². The second kappa shape index (κ2) is 7.46. The Balaban J connectivity index is 1.73. The first-order valence-electron chi connectivity index (χ1n) is 9.32. The van der Waals surface area contributed by atoms with Crippen LogP contribution in [0.1, 0.15) is 32.3 Å². The predicted molar refractivity (Wildman–Crippen MR) is 105 cm³/mol. The van der Waals surface area contributed by atoms with Crippen molar-refractivity contribution in [3.05, 3.63) is 23.8 Å². The van der Waals surface area contributed by atoms with E-state index in [1.807, 2.05) is 0 Å². The monoisotopic (exact) mass is 409 g/mol. The zero-order valence-corrected chi connectivity index (χ0v) is 17.5. The molecule has 0 aliphatic carbocycles. The maximum atomic E-state index is 12.9. The molecule has 0 saturated carbocycles. The number of amides is 2. The molecule has 2 amide bonds. The lowest BCUT2D eigenvalue weighted by Crippen LogP contribution is -2.40. The van der Waals surface area contributed by atoms with Crippen molar-refractivity contribution in [1.82, 2.24) is 9.62 Å². The van der Waals surface area contributed by atoms with Gasteiger partial charge in [-0.1, -0.05) is 0 Å². The van der Waals surface area contributed by atoms with Crippen molar-refractivity contribution in [3.8, 4) is 0 Å². The molecule has 3 rings (SSSR count). The molecule has 1 saturated heterocycles. The van der Waals surface area contributed by atoms with Gasteiger partial charge in [0.1, 0.15) is 0 Å². The number of sulfonamides is 1. The first-order valence-corrected chi connectivity index (χ1v) is 10.8. The highest BCUT2D eigenvalue weighted by Gasteiger charge is 2.43. The number of nitrogens with zero attached hydrogens (tertiary/aromatic N) is 2. The zero-order chi connectivity index (χ0) is 20.7. The van der Waals surface area contributed by atoms with Crippen molar-refractivity contribution in [2.24, 2.45) is 0 Å². The van der Waals surface area contributed by atoms with Crippen LogP contribution >= 0.6 is 0 Å². The molecule has 2 heterocycles. The Morgan fingerprint density at radius 2 is 2.11 bits per heavy atom. The van der Waals surface area contributed by atoms with Crippen LogP contribution in [0.4, 0.5) is 5.69 Å². The summed E-state index contributed by atoms with van der Waals surface area (Å²) in [5, 5.41) is 2.72. The van der Waals surface area contributed by atoms with Crippen LogP contribution in [0.3, 0.4) is 0 Å². The molecule has 1 atom stereocenters. The third-order valence-corrected chi connectivity index (χ3v) is 7.27. The van der Waals surface area contributed by atoms with E-state index in [-0.39, 0.29) is 29.4 Å². The lowest BCUT2D eigenvalue weighted by molar-refractivity contribution is -0.122. The van der Waals surface area contributed by atoms with Crippen molar-refractivity contribution in [2.45, 2.75) is 43.1 Å². The SMILES string of the molecule is CN1C(=O)C(C)(C)c2cc(S(=O)(=O)N(C)CC(=O)NC[C@@H]3CCCO3)ccc21. The van der Waals surface area contributed by atoms with E-state index in [9.17, 15) is 18.0 Å². The van der Waals surface area contributed by atoms with Crippen molar-refractivity contribution in [2.75, 3.05) is 38.7 Å². The highest BCUT2D eigenvalue weighted by atomic mass is 32.2. The van der Waals surface area contributed by atoms with Crippen LogP contribution in [0.2, 0.25) is 0 Å². The van der Waals surface area contributed by atoms with Crippen LogP contribution in [0, 0.1) is 0 Å². The first kappa shape index (κ1) is 20.8. The Labute approximate surface area is 165 Å².